The van der Waals surface area contributed by atoms with Crippen molar-refractivity contribution in [2.24, 2.45) is 5.10 Å². The summed E-state index contributed by atoms with van der Waals surface area (Å²) in [4.78, 5) is 11.6. The van der Waals surface area contributed by atoms with Crippen molar-refractivity contribution in [1.29, 1.82) is 5.41 Å². The van der Waals surface area contributed by atoms with Crippen LogP contribution in [0.5, 0.6) is 5.75 Å². The quantitative estimate of drug-likeness (QED) is 0.436. The predicted octanol–water partition coefficient (Wildman–Crippen LogP) is 4.75. The van der Waals surface area contributed by atoms with E-state index in [-0.39, 0.29) is 16.5 Å². The van der Waals surface area contributed by atoms with Gasteiger partial charge in [0.25, 0.3) is 0 Å². The standard InChI is InChI=1S/C23H31N3O3/c1-22(2,3)15-12-16(23(4,5)6)20(28-7)19(13-15)26-25-18-10-9-14(11-17(18)24)21(27)29-8/h9-13,24,26H,1-8H3/b24-17?,25-18-. The van der Waals surface area contributed by atoms with Crippen LogP contribution in [0.4, 0.5) is 5.69 Å². The Hall–Kier alpha value is -2.89. The molecule has 0 fully saturated rings. The van der Waals surface area contributed by atoms with Gasteiger partial charge in [0.1, 0.15) is 11.5 Å². The molecule has 0 aromatic heterocycles. The number of methoxy groups -OCH3 is 2. The molecule has 29 heavy (non-hydrogen) atoms. The van der Waals surface area contributed by atoms with E-state index in [1.807, 2.05) is 6.07 Å². The van der Waals surface area contributed by atoms with Crippen LogP contribution in [-0.2, 0) is 20.4 Å². The zero-order valence-corrected chi connectivity index (χ0v) is 18.6. The van der Waals surface area contributed by atoms with Gasteiger partial charge in [0, 0.05) is 5.56 Å². The molecule has 0 spiro atoms. The molecule has 0 bridgehead atoms. The van der Waals surface area contributed by atoms with E-state index in [1.165, 1.54) is 13.2 Å². The lowest BCUT2D eigenvalue weighted by atomic mass is 9.79. The molecule has 0 heterocycles. The van der Waals surface area contributed by atoms with Gasteiger partial charge in [-0.15, -0.1) is 0 Å². The Morgan fingerprint density at radius 2 is 1.69 bits per heavy atom. The first-order chi connectivity index (χ1) is 13.4. The second kappa shape index (κ2) is 8.23. The van der Waals surface area contributed by atoms with Crippen LogP contribution in [0.3, 0.4) is 0 Å². The van der Waals surface area contributed by atoms with Gasteiger partial charge in [0.2, 0.25) is 0 Å². The molecule has 2 rings (SSSR count). The van der Waals surface area contributed by atoms with E-state index >= 15 is 0 Å². The Morgan fingerprint density at radius 1 is 1.03 bits per heavy atom. The molecule has 0 radical (unpaired) electrons. The summed E-state index contributed by atoms with van der Waals surface area (Å²) in [6, 6.07) is 4.22. The van der Waals surface area contributed by atoms with Crippen molar-refractivity contribution in [3.8, 4) is 5.75 Å². The van der Waals surface area contributed by atoms with Gasteiger partial charge in [0.05, 0.1) is 31.2 Å². The Balaban J connectivity index is 2.46. The summed E-state index contributed by atoms with van der Waals surface area (Å²) >= 11 is 0. The van der Waals surface area contributed by atoms with Gasteiger partial charge in [-0.1, -0.05) is 47.6 Å². The third kappa shape index (κ3) is 5.13. The largest absolute Gasteiger partial charge is 0.494 e. The average Bonchev–Trinajstić information content (AvgIpc) is 2.63. The Bertz CT molecular complexity index is 911. The van der Waals surface area contributed by atoms with Crippen LogP contribution in [0.2, 0.25) is 0 Å². The summed E-state index contributed by atoms with van der Waals surface area (Å²) in [6.07, 6.45) is 4.65. The van der Waals surface area contributed by atoms with Gasteiger partial charge < -0.3 is 9.47 Å². The highest BCUT2D eigenvalue weighted by molar-refractivity contribution is 6.51. The molecule has 6 heteroatoms. The van der Waals surface area contributed by atoms with Crippen molar-refractivity contribution in [2.45, 2.75) is 52.4 Å². The van der Waals surface area contributed by atoms with E-state index in [0.717, 1.165) is 22.6 Å². The number of rotatable bonds is 4. The van der Waals surface area contributed by atoms with Crippen molar-refractivity contribution >= 4 is 23.1 Å². The number of nitrogens with one attached hydrogen (secondary N) is 2. The maximum atomic E-state index is 11.6. The maximum Gasteiger partial charge on any atom is 0.337 e. The maximum absolute atomic E-state index is 11.6. The van der Waals surface area contributed by atoms with Crippen LogP contribution in [0.25, 0.3) is 0 Å². The van der Waals surface area contributed by atoms with Crippen LogP contribution < -0.4 is 10.2 Å². The number of allylic oxidation sites excluding steroid dienone is 2. The van der Waals surface area contributed by atoms with Crippen molar-refractivity contribution in [3.63, 3.8) is 0 Å². The van der Waals surface area contributed by atoms with E-state index in [9.17, 15) is 4.79 Å². The molecule has 0 saturated carbocycles. The summed E-state index contributed by atoms with van der Waals surface area (Å²) in [6.45, 7) is 12.9. The molecule has 156 valence electrons. The van der Waals surface area contributed by atoms with E-state index in [0.29, 0.717) is 11.3 Å². The van der Waals surface area contributed by atoms with Crippen LogP contribution in [0.15, 0.2) is 41.0 Å². The van der Waals surface area contributed by atoms with Gasteiger partial charge in [-0.3, -0.25) is 10.8 Å². The number of carbonyl (C=O) groups excluding carboxylic acids is 1. The Morgan fingerprint density at radius 3 is 2.17 bits per heavy atom. The van der Waals surface area contributed by atoms with E-state index in [4.69, 9.17) is 14.9 Å². The lowest BCUT2D eigenvalue weighted by Gasteiger charge is -2.28. The van der Waals surface area contributed by atoms with E-state index in [2.05, 4.69) is 58.1 Å². The van der Waals surface area contributed by atoms with Gasteiger partial charge in [0.15, 0.2) is 0 Å². The molecule has 0 aliphatic heterocycles. The zero-order valence-electron chi connectivity index (χ0n) is 18.6. The molecule has 2 N–H and O–H groups in total. The minimum absolute atomic E-state index is 0.0502. The number of anilines is 1. The lowest BCUT2D eigenvalue weighted by Crippen LogP contribution is -2.19. The third-order valence-corrected chi connectivity index (χ3v) is 4.68. The number of hydrazone groups is 1. The predicted molar refractivity (Wildman–Crippen MR) is 118 cm³/mol. The number of esters is 1. The normalized spacial score (nSPS) is 15.9. The number of nitrogens with zero attached hydrogens (tertiary/aromatic N) is 1. The SMILES string of the molecule is COC(=O)C1=CC(=N)/C(=N\Nc2cc(C(C)(C)C)cc(C(C)(C)C)c2OC)C=C1. The molecule has 0 unspecified atom stereocenters. The Labute approximate surface area is 173 Å². The van der Waals surface area contributed by atoms with Crippen LogP contribution in [-0.4, -0.2) is 31.6 Å². The van der Waals surface area contributed by atoms with Crippen molar-refractivity contribution < 1.29 is 14.3 Å². The number of hydrogen-bond donors (Lipinski definition) is 2. The Kier molecular flexibility index (Phi) is 6.36. The highest BCUT2D eigenvalue weighted by Crippen LogP contribution is 2.41. The summed E-state index contributed by atoms with van der Waals surface area (Å²) in [7, 11) is 2.96. The van der Waals surface area contributed by atoms with Crippen molar-refractivity contribution in [3.05, 3.63) is 47.1 Å². The molecule has 1 aromatic rings. The number of carbonyl (C=O) groups is 1. The number of benzene rings is 1. The molecule has 0 amide bonds. The topological polar surface area (TPSA) is 83.8 Å². The second-order valence-electron chi connectivity index (χ2n) is 9.05. The first-order valence-electron chi connectivity index (χ1n) is 9.52. The van der Waals surface area contributed by atoms with Gasteiger partial charge in [-0.25, -0.2) is 4.79 Å². The summed E-state index contributed by atoms with van der Waals surface area (Å²) < 4.78 is 10.4. The van der Waals surface area contributed by atoms with Crippen molar-refractivity contribution in [1.82, 2.24) is 0 Å². The molecule has 0 atom stereocenters. The average molecular weight is 398 g/mol. The number of hydrogen-bond acceptors (Lipinski definition) is 6. The molecule has 1 aromatic carbocycles. The van der Waals surface area contributed by atoms with Crippen LogP contribution in [0.1, 0.15) is 52.7 Å². The summed E-state index contributed by atoms with van der Waals surface area (Å²) in [5, 5.41) is 12.5. The fourth-order valence-electron chi connectivity index (χ4n) is 2.92. The van der Waals surface area contributed by atoms with E-state index in [1.54, 1.807) is 19.3 Å². The van der Waals surface area contributed by atoms with Crippen molar-refractivity contribution in [2.75, 3.05) is 19.6 Å². The smallest absolute Gasteiger partial charge is 0.337 e. The molecular weight excluding hydrogens is 366 g/mol. The highest BCUT2D eigenvalue weighted by atomic mass is 16.5. The molecule has 1 aliphatic rings. The molecule has 0 saturated heterocycles. The molecule has 1 aliphatic carbocycles. The lowest BCUT2D eigenvalue weighted by molar-refractivity contribution is -0.135. The second-order valence-corrected chi connectivity index (χ2v) is 9.05. The zero-order chi connectivity index (χ0) is 22.0. The minimum atomic E-state index is -0.479. The molecular formula is C23H31N3O3. The van der Waals surface area contributed by atoms with Gasteiger partial charge >= 0.3 is 5.97 Å². The number of ether oxygens (including phenoxy) is 2. The minimum Gasteiger partial charge on any atom is -0.494 e. The summed E-state index contributed by atoms with van der Waals surface area (Å²) in [5.41, 5.74) is 6.74. The third-order valence-electron chi connectivity index (χ3n) is 4.68. The monoisotopic (exact) mass is 397 g/mol. The van der Waals surface area contributed by atoms with Crippen LogP contribution in [0, 0.1) is 5.41 Å². The molecule has 6 nitrogen and oxygen atoms in total. The fraction of sp³-hybridized carbons (Fsp3) is 0.435. The first-order valence-corrected chi connectivity index (χ1v) is 9.52. The van der Waals surface area contributed by atoms with E-state index < -0.39 is 5.97 Å². The highest BCUT2D eigenvalue weighted by Gasteiger charge is 2.26. The van der Waals surface area contributed by atoms with Gasteiger partial charge in [-0.05, 0) is 40.7 Å². The summed E-state index contributed by atoms with van der Waals surface area (Å²) in [5.74, 6) is 0.249. The van der Waals surface area contributed by atoms with Crippen LogP contribution >= 0.6 is 0 Å². The fourth-order valence-corrected chi connectivity index (χ4v) is 2.92. The first kappa shape index (κ1) is 22.4. The van der Waals surface area contributed by atoms with Gasteiger partial charge in [-0.2, -0.15) is 5.10 Å².